The van der Waals surface area contributed by atoms with Gasteiger partial charge in [-0.25, -0.2) is 24.6 Å². The van der Waals surface area contributed by atoms with Crippen LogP contribution in [-0.2, 0) is 24.2 Å². The van der Waals surface area contributed by atoms with Crippen LogP contribution < -0.4 is 0 Å². The number of hydrogen-bond acceptors (Lipinski definition) is 6. The van der Waals surface area contributed by atoms with Crippen molar-refractivity contribution in [3.63, 3.8) is 0 Å². The van der Waals surface area contributed by atoms with Crippen LogP contribution in [0.25, 0.3) is 22.6 Å². The van der Waals surface area contributed by atoms with Crippen molar-refractivity contribution in [3.8, 4) is 11.4 Å². The van der Waals surface area contributed by atoms with E-state index in [0.717, 1.165) is 41.5 Å². The summed E-state index contributed by atoms with van der Waals surface area (Å²) in [5.74, 6) is 2.40. The fourth-order valence-electron chi connectivity index (χ4n) is 2.89. The Balaban J connectivity index is 1.70. The summed E-state index contributed by atoms with van der Waals surface area (Å²) < 4.78 is 9.12. The van der Waals surface area contributed by atoms with Crippen LogP contribution in [0.3, 0.4) is 0 Å². The monoisotopic (exact) mass is 352 g/mol. The molecule has 4 aromatic rings. The number of methoxy groups -OCH3 is 1. The summed E-state index contributed by atoms with van der Waals surface area (Å²) in [5.41, 5.74) is 2.49. The van der Waals surface area contributed by atoms with Gasteiger partial charge in [0.05, 0.1) is 25.0 Å². The van der Waals surface area contributed by atoms with E-state index < -0.39 is 0 Å². The predicted molar refractivity (Wildman–Crippen MR) is 95.4 cm³/mol. The third-order valence-corrected chi connectivity index (χ3v) is 4.13. The molecule has 134 valence electrons. The number of ether oxygens (including phenoxy) is 1. The molecule has 0 saturated carbocycles. The van der Waals surface area contributed by atoms with Gasteiger partial charge >= 0.3 is 0 Å². The number of nitrogens with one attached hydrogen (secondary N) is 1. The van der Waals surface area contributed by atoms with E-state index >= 15 is 0 Å². The number of nitrogens with zero attached hydrogens (tertiary/aromatic N) is 7. The molecule has 26 heavy (non-hydrogen) atoms. The minimum Gasteiger partial charge on any atom is -0.383 e. The summed E-state index contributed by atoms with van der Waals surface area (Å²) in [5, 5.41) is 4.67. The van der Waals surface area contributed by atoms with Crippen molar-refractivity contribution in [1.29, 1.82) is 0 Å². The summed E-state index contributed by atoms with van der Waals surface area (Å²) in [6, 6.07) is 1.94. The van der Waals surface area contributed by atoms with Gasteiger partial charge in [0.2, 0.25) is 0 Å². The van der Waals surface area contributed by atoms with Crippen molar-refractivity contribution >= 4 is 11.2 Å². The number of aryl methyl sites for hydroxylation is 3. The van der Waals surface area contributed by atoms with Crippen LogP contribution in [0.5, 0.6) is 0 Å². The van der Waals surface area contributed by atoms with E-state index in [0.29, 0.717) is 18.8 Å². The Labute approximate surface area is 150 Å². The topological polar surface area (TPSA) is 99.3 Å². The Kier molecular flexibility index (Phi) is 4.44. The smallest absolute Gasteiger partial charge is 0.178 e. The summed E-state index contributed by atoms with van der Waals surface area (Å²) in [7, 11) is 1.68. The molecule has 0 radical (unpaired) electrons. The molecule has 0 amide bonds. The molecule has 0 unspecified atom stereocenters. The van der Waals surface area contributed by atoms with Gasteiger partial charge in [0.1, 0.15) is 5.82 Å². The molecule has 0 bridgehead atoms. The summed E-state index contributed by atoms with van der Waals surface area (Å²) in [4.78, 5) is 20.8. The fourth-order valence-corrected chi connectivity index (χ4v) is 2.89. The van der Waals surface area contributed by atoms with Crippen LogP contribution >= 0.6 is 0 Å². The molecule has 4 rings (SSSR count). The largest absolute Gasteiger partial charge is 0.383 e. The van der Waals surface area contributed by atoms with Crippen LogP contribution in [0, 0.1) is 6.92 Å². The lowest BCUT2D eigenvalue weighted by atomic mass is 10.2. The number of aromatic nitrogens is 8. The first-order chi connectivity index (χ1) is 12.7. The van der Waals surface area contributed by atoms with Crippen LogP contribution in [0.2, 0.25) is 0 Å². The molecule has 0 atom stereocenters. The average Bonchev–Trinajstić information content (AvgIpc) is 3.36. The molecule has 4 aromatic heterocycles. The molecule has 9 nitrogen and oxygen atoms in total. The second-order valence-electron chi connectivity index (χ2n) is 6.00. The zero-order chi connectivity index (χ0) is 17.9. The number of rotatable bonds is 7. The lowest BCUT2D eigenvalue weighted by Crippen LogP contribution is -2.08. The fraction of sp³-hybridized carbons (Fsp3) is 0.353. The number of pyridine rings is 1. The first-order valence-electron chi connectivity index (χ1n) is 8.44. The number of fused-ring (bicyclic) bond motifs is 1. The normalized spacial score (nSPS) is 11.5. The van der Waals surface area contributed by atoms with Crippen molar-refractivity contribution in [2.45, 2.75) is 26.4 Å². The summed E-state index contributed by atoms with van der Waals surface area (Å²) in [6.45, 7) is 3.88. The van der Waals surface area contributed by atoms with Crippen molar-refractivity contribution in [2.24, 2.45) is 0 Å². The van der Waals surface area contributed by atoms with Crippen molar-refractivity contribution < 1.29 is 4.74 Å². The van der Waals surface area contributed by atoms with Crippen molar-refractivity contribution in [3.05, 3.63) is 42.6 Å². The Morgan fingerprint density at radius 2 is 2.12 bits per heavy atom. The van der Waals surface area contributed by atoms with Gasteiger partial charge in [-0.2, -0.15) is 5.10 Å². The molecule has 0 saturated heterocycles. The second-order valence-corrected chi connectivity index (χ2v) is 6.00. The highest BCUT2D eigenvalue weighted by molar-refractivity contribution is 5.87. The van der Waals surface area contributed by atoms with E-state index in [1.807, 2.05) is 28.4 Å². The Hall–Kier alpha value is -3.07. The van der Waals surface area contributed by atoms with E-state index in [-0.39, 0.29) is 0 Å². The maximum Gasteiger partial charge on any atom is 0.178 e. The van der Waals surface area contributed by atoms with Gasteiger partial charge in [-0.05, 0) is 13.0 Å². The molecule has 0 aliphatic heterocycles. The average molecular weight is 352 g/mol. The van der Waals surface area contributed by atoms with Gasteiger partial charge in [-0.1, -0.05) is 0 Å². The van der Waals surface area contributed by atoms with Gasteiger partial charge < -0.3 is 14.3 Å². The Morgan fingerprint density at radius 3 is 2.92 bits per heavy atom. The maximum atomic E-state index is 5.22. The summed E-state index contributed by atoms with van der Waals surface area (Å²) in [6.07, 6.45) is 7.97. The maximum absolute atomic E-state index is 5.22. The first-order valence-corrected chi connectivity index (χ1v) is 8.44. The third kappa shape index (κ3) is 3.21. The molecule has 0 aromatic carbocycles. The molecule has 0 fully saturated rings. The molecule has 9 heteroatoms. The molecule has 4 heterocycles. The van der Waals surface area contributed by atoms with Crippen LogP contribution in [0.1, 0.15) is 11.6 Å². The van der Waals surface area contributed by atoms with E-state index in [9.17, 15) is 0 Å². The standard InChI is InChI=1S/C17H20N8O/c1-12-20-15-13(3-5-19-16(15)21-12)17-22-14(23-25(17)9-10-26-2)4-7-24-8-6-18-11-24/h3,5-6,8,11H,4,7,9-10H2,1-2H3,(H,19,20,21). The molecule has 0 aliphatic rings. The van der Waals surface area contributed by atoms with Gasteiger partial charge in [0, 0.05) is 44.2 Å². The highest BCUT2D eigenvalue weighted by Gasteiger charge is 2.16. The summed E-state index contributed by atoms with van der Waals surface area (Å²) >= 11 is 0. The van der Waals surface area contributed by atoms with Crippen LogP contribution in [0.4, 0.5) is 0 Å². The number of H-pyrrole nitrogens is 1. The van der Waals surface area contributed by atoms with Crippen molar-refractivity contribution in [1.82, 2.24) is 39.3 Å². The van der Waals surface area contributed by atoms with Gasteiger partial charge in [0.25, 0.3) is 0 Å². The minimum atomic E-state index is 0.563. The molecular weight excluding hydrogens is 332 g/mol. The van der Waals surface area contributed by atoms with Gasteiger partial charge in [0.15, 0.2) is 17.3 Å². The highest BCUT2D eigenvalue weighted by Crippen LogP contribution is 2.25. The number of aromatic amines is 1. The van der Waals surface area contributed by atoms with E-state index in [2.05, 4.69) is 25.0 Å². The Bertz CT molecular complexity index is 1000. The van der Waals surface area contributed by atoms with E-state index in [1.165, 1.54) is 0 Å². The molecule has 0 spiro atoms. The minimum absolute atomic E-state index is 0.563. The number of imidazole rings is 2. The lowest BCUT2D eigenvalue weighted by Gasteiger charge is -2.05. The molecule has 0 aliphatic carbocycles. The molecular formula is C17H20N8O. The van der Waals surface area contributed by atoms with Gasteiger partial charge in [-0.15, -0.1) is 0 Å². The lowest BCUT2D eigenvalue weighted by molar-refractivity contribution is 0.184. The second kappa shape index (κ2) is 7.04. The van der Waals surface area contributed by atoms with Crippen molar-refractivity contribution in [2.75, 3.05) is 13.7 Å². The van der Waals surface area contributed by atoms with E-state index in [4.69, 9.17) is 9.72 Å². The first kappa shape index (κ1) is 16.4. The zero-order valence-corrected chi connectivity index (χ0v) is 14.8. The van der Waals surface area contributed by atoms with Crippen LogP contribution in [0.15, 0.2) is 31.0 Å². The SMILES string of the molecule is COCCn1nc(CCn2ccnc2)nc1-c1ccnc2nc(C)[nH]c12. The quantitative estimate of drug-likeness (QED) is 0.542. The van der Waals surface area contributed by atoms with E-state index in [1.54, 1.807) is 25.8 Å². The predicted octanol–water partition coefficient (Wildman–Crippen LogP) is 1.61. The third-order valence-electron chi connectivity index (χ3n) is 4.13. The number of hydrogen-bond donors (Lipinski definition) is 1. The Morgan fingerprint density at radius 1 is 1.19 bits per heavy atom. The zero-order valence-electron chi connectivity index (χ0n) is 14.8. The molecule has 1 N–H and O–H groups in total. The van der Waals surface area contributed by atoms with Gasteiger partial charge in [-0.3, -0.25) is 0 Å². The van der Waals surface area contributed by atoms with Crippen LogP contribution in [-0.4, -0.2) is 53.0 Å². The highest BCUT2D eigenvalue weighted by atomic mass is 16.5.